The fourth-order valence-corrected chi connectivity index (χ4v) is 5.78. The molecule has 31 heavy (non-hydrogen) atoms. The maximum atomic E-state index is 13.4. The maximum absolute atomic E-state index is 13.4. The highest BCUT2D eigenvalue weighted by Crippen LogP contribution is 2.30. The fourth-order valence-electron chi connectivity index (χ4n) is 5.15. The van der Waals surface area contributed by atoms with Crippen LogP contribution < -0.4 is 10.9 Å². The molecule has 0 bridgehead atoms. The van der Waals surface area contributed by atoms with Crippen LogP contribution in [-0.4, -0.2) is 63.4 Å². The van der Waals surface area contributed by atoms with Crippen molar-refractivity contribution in [1.29, 1.82) is 0 Å². The summed E-state index contributed by atoms with van der Waals surface area (Å²) in [6.07, 6.45) is 2.71. The summed E-state index contributed by atoms with van der Waals surface area (Å²) in [6.45, 7) is 5.38. The summed E-state index contributed by atoms with van der Waals surface area (Å²) in [5.41, 5.74) is 9.93. The summed E-state index contributed by atoms with van der Waals surface area (Å²) < 4.78 is 3.89. The van der Waals surface area contributed by atoms with E-state index < -0.39 is 0 Å². The van der Waals surface area contributed by atoms with Gasteiger partial charge in [0.1, 0.15) is 4.88 Å². The van der Waals surface area contributed by atoms with Crippen molar-refractivity contribution in [3.05, 3.63) is 46.0 Å². The van der Waals surface area contributed by atoms with E-state index in [2.05, 4.69) is 38.6 Å². The Bertz CT molecular complexity index is 970. The van der Waals surface area contributed by atoms with Gasteiger partial charge < -0.3 is 9.80 Å². The Labute approximate surface area is 186 Å². The van der Waals surface area contributed by atoms with Gasteiger partial charge >= 0.3 is 0 Å². The largest absolute Gasteiger partial charge is 0.338 e. The van der Waals surface area contributed by atoms with Crippen LogP contribution in [0.4, 0.5) is 0 Å². The van der Waals surface area contributed by atoms with Gasteiger partial charge in [-0.15, -0.1) is 5.10 Å². The van der Waals surface area contributed by atoms with Crippen molar-refractivity contribution in [3.8, 4) is 0 Å². The molecule has 1 aromatic carbocycles. The number of piperidine rings is 1. The molecule has 2 unspecified atom stereocenters. The Morgan fingerprint density at radius 2 is 1.87 bits per heavy atom. The number of carbonyl (C=O) groups is 2. The third-order valence-electron chi connectivity index (χ3n) is 6.96. The number of aromatic nitrogens is 2. The molecule has 2 atom stereocenters. The molecule has 0 saturated carbocycles. The van der Waals surface area contributed by atoms with Gasteiger partial charge in [-0.3, -0.25) is 20.4 Å². The molecule has 2 saturated heterocycles. The number of amides is 2. The highest BCUT2D eigenvalue weighted by Gasteiger charge is 2.42. The molecular formula is C22H28N6O2S. The highest BCUT2D eigenvalue weighted by molar-refractivity contribution is 7.07. The molecular weight excluding hydrogens is 412 g/mol. The minimum absolute atomic E-state index is 0.0306. The number of benzene rings is 1. The van der Waals surface area contributed by atoms with E-state index in [0.29, 0.717) is 42.7 Å². The predicted molar refractivity (Wildman–Crippen MR) is 117 cm³/mol. The Morgan fingerprint density at radius 3 is 2.61 bits per heavy atom. The molecule has 1 aromatic heterocycles. The van der Waals surface area contributed by atoms with E-state index in [1.165, 1.54) is 22.7 Å². The minimum Gasteiger partial charge on any atom is -0.338 e. The molecule has 2 fully saturated rings. The van der Waals surface area contributed by atoms with Crippen LogP contribution in [0.3, 0.4) is 0 Å². The van der Waals surface area contributed by atoms with E-state index in [0.717, 1.165) is 25.8 Å². The number of hydrazine groups is 1. The zero-order valence-electron chi connectivity index (χ0n) is 17.7. The summed E-state index contributed by atoms with van der Waals surface area (Å²) >= 11 is 1.17. The van der Waals surface area contributed by atoms with E-state index in [-0.39, 0.29) is 23.8 Å². The van der Waals surface area contributed by atoms with Crippen molar-refractivity contribution < 1.29 is 9.59 Å². The molecule has 0 radical (unpaired) electrons. The predicted octanol–water partition coefficient (Wildman–Crippen LogP) is 1.38. The van der Waals surface area contributed by atoms with Crippen LogP contribution >= 0.6 is 11.5 Å². The van der Waals surface area contributed by atoms with Gasteiger partial charge in [-0.1, -0.05) is 28.8 Å². The molecule has 3 aliphatic rings. The molecule has 2 N–H and O–H groups in total. The number of likely N-dealkylation sites (tertiary alicyclic amines) is 1. The smallest absolute Gasteiger partial charge is 0.267 e. The monoisotopic (exact) mass is 440 g/mol. The third-order valence-corrected chi connectivity index (χ3v) is 7.78. The summed E-state index contributed by atoms with van der Waals surface area (Å²) in [5.74, 6) is 0.571. The van der Waals surface area contributed by atoms with Gasteiger partial charge in [-0.25, -0.2) is 0 Å². The first kappa shape index (κ1) is 20.5. The second-order valence-corrected chi connectivity index (χ2v) is 9.51. The maximum Gasteiger partial charge on any atom is 0.267 e. The lowest BCUT2D eigenvalue weighted by atomic mass is 9.82. The van der Waals surface area contributed by atoms with Crippen LogP contribution in [0.2, 0.25) is 0 Å². The first-order valence-electron chi connectivity index (χ1n) is 11.0. The standard InChI is InChI=1S/C22H28N6O2S/c1-14-20(31-26-24-14)22(30)27-9-7-16(8-10-27)19-18(12-23-25-19)21(29)28-11-6-15-4-2-3-5-17(15)13-28/h2-5,16,18-19,23,25H,6-13H2,1H3. The summed E-state index contributed by atoms with van der Waals surface area (Å²) in [5, 5.41) is 3.96. The molecule has 8 nitrogen and oxygen atoms in total. The Hall–Kier alpha value is -2.36. The van der Waals surface area contributed by atoms with Gasteiger partial charge in [0.2, 0.25) is 5.91 Å². The molecule has 2 aromatic rings. The molecule has 2 amide bonds. The lowest BCUT2D eigenvalue weighted by molar-refractivity contribution is -0.137. The van der Waals surface area contributed by atoms with Crippen molar-refractivity contribution >= 4 is 23.3 Å². The first-order valence-corrected chi connectivity index (χ1v) is 11.8. The quantitative estimate of drug-likeness (QED) is 0.749. The number of hydrogen-bond donors (Lipinski definition) is 2. The number of hydrogen-bond acceptors (Lipinski definition) is 7. The molecule has 5 rings (SSSR count). The molecule has 3 aliphatic heterocycles. The van der Waals surface area contributed by atoms with Crippen molar-refractivity contribution in [2.45, 2.75) is 38.8 Å². The first-order chi connectivity index (χ1) is 15.1. The van der Waals surface area contributed by atoms with Crippen LogP contribution in [0.15, 0.2) is 24.3 Å². The second kappa shape index (κ2) is 8.64. The summed E-state index contributed by atoms with van der Waals surface area (Å²) in [4.78, 5) is 30.7. The van der Waals surface area contributed by atoms with Gasteiger partial charge in [-0.05, 0) is 54.8 Å². The zero-order valence-corrected chi connectivity index (χ0v) is 18.5. The van der Waals surface area contributed by atoms with Gasteiger partial charge in [0.25, 0.3) is 5.91 Å². The SMILES string of the molecule is Cc1nnsc1C(=O)N1CCC(C2NNCC2C(=O)N2CCc3ccccc3C2)CC1. The van der Waals surface area contributed by atoms with E-state index in [1.807, 2.05) is 22.8 Å². The minimum atomic E-state index is -0.0644. The molecule has 164 valence electrons. The molecule has 0 aliphatic carbocycles. The fraction of sp³-hybridized carbons (Fsp3) is 0.545. The third kappa shape index (κ3) is 3.97. The zero-order chi connectivity index (χ0) is 21.4. The normalized spacial score (nSPS) is 24.3. The van der Waals surface area contributed by atoms with Crippen LogP contribution in [0, 0.1) is 18.8 Å². The van der Waals surface area contributed by atoms with E-state index in [4.69, 9.17) is 0 Å². The van der Waals surface area contributed by atoms with Gasteiger partial charge in [0.15, 0.2) is 0 Å². The van der Waals surface area contributed by atoms with Crippen LogP contribution in [0.25, 0.3) is 0 Å². The number of aryl methyl sites for hydroxylation is 1. The van der Waals surface area contributed by atoms with E-state index >= 15 is 0 Å². The molecule has 4 heterocycles. The van der Waals surface area contributed by atoms with Crippen LogP contribution in [-0.2, 0) is 17.8 Å². The second-order valence-electron chi connectivity index (χ2n) is 8.75. The highest BCUT2D eigenvalue weighted by atomic mass is 32.1. The van der Waals surface area contributed by atoms with Crippen molar-refractivity contribution in [1.82, 2.24) is 30.2 Å². The Morgan fingerprint density at radius 1 is 1.10 bits per heavy atom. The number of nitrogens with one attached hydrogen (secondary N) is 2. The van der Waals surface area contributed by atoms with Crippen LogP contribution in [0.5, 0.6) is 0 Å². The molecule has 0 spiro atoms. The average molecular weight is 441 g/mol. The lowest BCUT2D eigenvalue weighted by Crippen LogP contribution is -2.50. The number of nitrogens with zero attached hydrogens (tertiary/aromatic N) is 4. The number of rotatable bonds is 3. The topological polar surface area (TPSA) is 90.5 Å². The van der Waals surface area contributed by atoms with Gasteiger partial charge in [0.05, 0.1) is 11.6 Å². The average Bonchev–Trinajstić information content (AvgIpc) is 3.47. The summed E-state index contributed by atoms with van der Waals surface area (Å²) in [6, 6.07) is 8.52. The van der Waals surface area contributed by atoms with E-state index in [9.17, 15) is 9.59 Å². The van der Waals surface area contributed by atoms with Crippen LogP contribution in [0.1, 0.15) is 39.3 Å². The van der Waals surface area contributed by atoms with Gasteiger partial charge in [0, 0.05) is 38.8 Å². The van der Waals surface area contributed by atoms with Crippen molar-refractivity contribution in [2.75, 3.05) is 26.2 Å². The summed E-state index contributed by atoms with van der Waals surface area (Å²) in [7, 11) is 0. The van der Waals surface area contributed by atoms with Crippen molar-refractivity contribution in [3.63, 3.8) is 0 Å². The number of carbonyl (C=O) groups excluding carboxylic acids is 2. The lowest BCUT2D eigenvalue weighted by Gasteiger charge is -2.37. The van der Waals surface area contributed by atoms with Gasteiger partial charge in [-0.2, -0.15) is 0 Å². The Kier molecular flexibility index (Phi) is 5.73. The molecule has 9 heteroatoms. The van der Waals surface area contributed by atoms with E-state index in [1.54, 1.807) is 0 Å². The van der Waals surface area contributed by atoms with Crippen molar-refractivity contribution in [2.24, 2.45) is 11.8 Å². The Balaban J connectivity index is 1.21. The number of fused-ring (bicyclic) bond motifs is 1.